The lowest BCUT2D eigenvalue weighted by atomic mass is 10.1. The molecule has 0 amide bonds. The van der Waals surface area contributed by atoms with Crippen LogP contribution in [0.3, 0.4) is 0 Å². The highest BCUT2D eigenvalue weighted by molar-refractivity contribution is 9.10. The van der Waals surface area contributed by atoms with Gasteiger partial charge in [-0.15, -0.1) is 0 Å². The Morgan fingerprint density at radius 2 is 1.50 bits per heavy atom. The van der Waals surface area contributed by atoms with Crippen molar-refractivity contribution in [2.75, 3.05) is 5.32 Å². The van der Waals surface area contributed by atoms with Crippen LogP contribution in [-0.2, 0) is 0 Å². The van der Waals surface area contributed by atoms with Crippen molar-refractivity contribution in [1.29, 1.82) is 5.26 Å². The Morgan fingerprint density at radius 3 is 2.30 bits per heavy atom. The third kappa shape index (κ3) is 2.26. The Kier molecular flexibility index (Phi) is 3.41. The highest BCUT2D eigenvalue weighted by atomic mass is 79.9. The second-order valence-electron chi connectivity index (χ2n) is 4.42. The minimum atomic E-state index is 0.638. The standard InChI is InChI=1S/C17H11BrN2/c18-15-9-10-17(14-7-3-2-6-13(14)15)20-16-8-4-1-5-12(16)11-19/h1-10,20H. The third-order valence-electron chi connectivity index (χ3n) is 3.19. The molecular formula is C17H11BrN2. The van der Waals surface area contributed by atoms with Crippen LogP contribution in [0.25, 0.3) is 10.8 Å². The zero-order valence-corrected chi connectivity index (χ0v) is 12.2. The number of rotatable bonds is 2. The molecule has 0 unspecified atom stereocenters. The minimum absolute atomic E-state index is 0.638. The van der Waals surface area contributed by atoms with Crippen molar-refractivity contribution in [3.63, 3.8) is 0 Å². The van der Waals surface area contributed by atoms with E-state index in [9.17, 15) is 0 Å². The maximum absolute atomic E-state index is 9.16. The quantitative estimate of drug-likeness (QED) is 0.702. The zero-order chi connectivity index (χ0) is 13.9. The fraction of sp³-hybridized carbons (Fsp3) is 0. The van der Waals surface area contributed by atoms with Crippen LogP contribution in [0.4, 0.5) is 11.4 Å². The summed E-state index contributed by atoms with van der Waals surface area (Å²) in [5, 5.41) is 14.8. The average molecular weight is 323 g/mol. The molecule has 0 saturated carbocycles. The van der Waals surface area contributed by atoms with Crippen LogP contribution < -0.4 is 5.32 Å². The van der Waals surface area contributed by atoms with E-state index in [4.69, 9.17) is 5.26 Å². The van der Waals surface area contributed by atoms with E-state index in [-0.39, 0.29) is 0 Å². The molecule has 1 N–H and O–H groups in total. The van der Waals surface area contributed by atoms with E-state index in [0.29, 0.717) is 5.56 Å². The number of hydrogen-bond donors (Lipinski definition) is 1. The van der Waals surface area contributed by atoms with Gasteiger partial charge >= 0.3 is 0 Å². The molecule has 0 fully saturated rings. The first-order valence-corrected chi connectivity index (χ1v) is 7.02. The van der Waals surface area contributed by atoms with E-state index < -0.39 is 0 Å². The molecule has 0 aromatic heterocycles. The molecule has 0 radical (unpaired) electrons. The van der Waals surface area contributed by atoms with Crippen LogP contribution in [0.1, 0.15) is 5.56 Å². The Morgan fingerprint density at radius 1 is 0.800 bits per heavy atom. The highest BCUT2D eigenvalue weighted by Gasteiger charge is 2.06. The second kappa shape index (κ2) is 5.36. The number of fused-ring (bicyclic) bond motifs is 1. The minimum Gasteiger partial charge on any atom is -0.354 e. The van der Waals surface area contributed by atoms with Crippen LogP contribution in [-0.4, -0.2) is 0 Å². The summed E-state index contributed by atoms with van der Waals surface area (Å²) in [6.45, 7) is 0. The molecule has 0 atom stereocenters. The van der Waals surface area contributed by atoms with Gasteiger partial charge in [-0.25, -0.2) is 0 Å². The molecule has 0 heterocycles. The maximum atomic E-state index is 9.16. The molecule has 3 aromatic rings. The number of nitriles is 1. The first kappa shape index (κ1) is 12.7. The molecule has 0 spiro atoms. The van der Waals surface area contributed by atoms with Crippen LogP contribution >= 0.6 is 15.9 Å². The van der Waals surface area contributed by atoms with E-state index in [2.05, 4.69) is 39.4 Å². The molecule has 0 bridgehead atoms. The van der Waals surface area contributed by atoms with Gasteiger partial charge in [0.15, 0.2) is 0 Å². The largest absolute Gasteiger partial charge is 0.354 e. The van der Waals surface area contributed by atoms with Crippen LogP contribution in [0.2, 0.25) is 0 Å². The number of halogens is 1. The average Bonchev–Trinajstić information content (AvgIpc) is 2.51. The van der Waals surface area contributed by atoms with Crippen molar-refractivity contribution in [3.05, 3.63) is 70.7 Å². The summed E-state index contributed by atoms with van der Waals surface area (Å²) >= 11 is 3.56. The lowest BCUT2D eigenvalue weighted by Crippen LogP contribution is -1.94. The fourth-order valence-electron chi connectivity index (χ4n) is 2.21. The van der Waals surface area contributed by atoms with Gasteiger partial charge in [-0.05, 0) is 29.7 Å². The van der Waals surface area contributed by atoms with Crippen molar-refractivity contribution < 1.29 is 0 Å². The van der Waals surface area contributed by atoms with E-state index in [0.717, 1.165) is 26.6 Å². The van der Waals surface area contributed by atoms with E-state index in [1.165, 1.54) is 0 Å². The van der Waals surface area contributed by atoms with Crippen molar-refractivity contribution in [3.8, 4) is 6.07 Å². The summed E-state index contributed by atoms with van der Waals surface area (Å²) in [7, 11) is 0. The molecule has 0 saturated heterocycles. The number of nitrogens with zero attached hydrogens (tertiary/aromatic N) is 1. The van der Waals surface area contributed by atoms with Crippen LogP contribution in [0.15, 0.2) is 65.1 Å². The SMILES string of the molecule is N#Cc1ccccc1Nc1ccc(Br)c2ccccc12. The Balaban J connectivity index is 2.12. The predicted molar refractivity (Wildman–Crippen MR) is 86.1 cm³/mol. The van der Waals surface area contributed by atoms with Gasteiger partial charge in [-0.2, -0.15) is 5.26 Å². The highest BCUT2D eigenvalue weighted by Crippen LogP contribution is 2.32. The predicted octanol–water partition coefficient (Wildman–Crippen LogP) is 5.22. The van der Waals surface area contributed by atoms with Crippen molar-refractivity contribution in [2.24, 2.45) is 0 Å². The molecule has 2 nitrogen and oxygen atoms in total. The summed E-state index contributed by atoms with van der Waals surface area (Å²) in [6, 6.07) is 21.9. The molecule has 20 heavy (non-hydrogen) atoms. The second-order valence-corrected chi connectivity index (χ2v) is 5.28. The zero-order valence-electron chi connectivity index (χ0n) is 10.6. The molecule has 3 aromatic carbocycles. The normalized spacial score (nSPS) is 10.2. The molecule has 3 rings (SSSR count). The number of anilines is 2. The van der Waals surface area contributed by atoms with Crippen LogP contribution in [0, 0.1) is 11.3 Å². The summed E-state index contributed by atoms with van der Waals surface area (Å²) in [5.41, 5.74) is 2.45. The van der Waals surface area contributed by atoms with E-state index in [1.54, 1.807) is 0 Å². The third-order valence-corrected chi connectivity index (χ3v) is 3.88. The van der Waals surface area contributed by atoms with Crippen LogP contribution in [0.5, 0.6) is 0 Å². The van der Waals surface area contributed by atoms with Gasteiger partial charge < -0.3 is 5.32 Å². The van der Waals surface area contributed by atoms with Gasteiger partial charge in [0.2, 0.25) is 0 Å². The number of hydrogen-bond acceptors (Lipinski definition) is 2. The Labute approximate surface area is 125 Å². The van der Waals surface area contributed by atoms with Gasteiger partial charge in [-0.1, -0.05) is 52.3 Å². The van der Waals surface area contributed by atoms with E-state index in [1.807, 2.05) is 48.5 Å². The lowest BCUT2D eigenvalue weighted by molar-refractivity contribution is 1.47. The Bertz CT molecular complexity index is 819. The molecule has 0 aliphatic heterocycles. The number of benzene rings is 3. The lowest BCUT2D eigenvalue weighted by Gasteiger charge is -2.12. The van der Waals surface area contributed by atoms with Gasteiger partial charge in [0.05, 0.1) is 11.3 Å². The first-order valence-electron chi connectivity index (χ1n) is 6.23. The topological polar surface area (TPSA) is 35.8 Å². The summed E-state index contributed by atoms with van der Waals surface area (Å²) in [4.78, 5) is 0. The fourth-order valence-corrected chi connectivity index (χ4v) is 2.68. The van der Waals surface area contributed by atoms with Crippen molar-refractivity contribution >= 4 is 38.1 Å². The monoisotopic (exact) mass is 322 g/mol. The molecule has 96 valence electrons. The molecule has 0 aliphatic carbocycles. The van der Waals surface area contributed by atoms with Gasteiger partial charge in [-0.3, -0.25) is 0 Å². The summed E-state index contributed by atoms with van der Waals surface area (Å²) in [5.74, 6) is 0. The number of para-hydroxylation sites is 1. The van der Waals surface area contributed by atoms with E-state index >= 15 is 0 Å². The van der Waals surface area contributed by atoms with Crippen molar-refractivity contribution in [1.82, 2.24) is 0 Å². The smallest absolute Gasteiger partial charge is 0.101 e. The van der Waals surface area contributed by atoms with Crippen molar-refractivity contribution in [2.45, 2.75) is 0 Å². The first-order chi connectivity index (χ1) is 9.79. The Hall–Kier alpha value is -2.31. The maximum Gasteiger partial charge on any atom is 0.101 e. The van der Waals surface area contributed by atoms with Gasteiger partial charge in [0, 0.05) is 15.5 Å². The summed E-state index contributed by atoms with van der Waals surface area (Å²) < 4.78 is 1.06. The molecule has 0 aliphatic rings. The molecule has 3 heteroatoms. The summed E-state index contributed by atoms with van der Waals surface area (Å²) in [6.07, 6.45) is 0. The van der Waals surface area contributed by atoms with Gasteiger partial charge in [0.1, 0.15) is 6.07 Å². The van der Waals surface area contributed by atoms with Gasteiger partial charge in [0.25, 0.3) is 0 Å². The number of nitrogens with one attached hydrogen (secondary N) is 1. The molecular weight excluding hydrogens is 312 g/mol.